The van der Waals surface area contributed by atoms with Gasteiger partial charge in [0.2, 0.25) is 0 Å². The molecule has 0 saturated heterocycles. The van der Waals surface area contributed by atoms with Crippen molar-refractivity contribution in [2.45, 2.75) is 19.6 Å². The van der Waals surface area contributed by atoms with E-state index >= 15 is 0 Å². The highest BCUT2D eigenvalue weighted by Crippen LogP contribution is 2.19. The van der Waals surface area contributed by atoms with Gasteiger partial charge in [-0.3, -0.25) is 4.79 Å². The molecule has 0 radical (unpaired) electrons. The number of ether oxygens (including phenoxy) is 1. The number of carbonyl (C=O) groups is 1. The standard InChI is InChI=1S/C23H20BrN5O2/c1-16(29-27-20-7-3-4-8-21(20)28-29)23(30)26-25-14-18-6-2-5-9-22(18)31-15-17-10-12-19(24)13-11-17/h2-14,16H,15H2,1H3,(H,26,30)/b25-14-/t16-/m1/s1. The van der Waals surface area contributed by atoms with Gasteiger partial charge < -0.3 is 4.74 Å². The van der Waals surface area contributed by atoms with Crippen LogP contribution in [-0.2, 0) is 11.4 Å². The first kappa shape index (κ1) is 20.7. The fourth-order valence-corrected chi connectivity index (χ4v) is 3.14. The summed E-state index contributed by atoms with van der Waals surface area (Å²) in [5, 5.41) is 12.8. The number of benzene rings is 3. The highest BCUT2D eigenvalue weighted by atomic mass is 79.9. The van der Waals surface area contributed by atoms with Crippen LogP contribution < -0.4 is 10.2 Å². The molecule has 1 amide bonds. The molecular formula is C23H20BrN5O2. The van der Waals surface area contributed by atoms with E-state index in [1.165, 1.54) is 4.80 Å². The Labute approximate surface area is 187 Å². The number of halogens is 1. The van der Waals surface area contributed by atoms with E-state index in [2.05, 4.69) is 36.7 Å². The van der Waals surface area contributed by atoms with Crippen molar-refractivity contribution >= 4 is 39.1 Å². The largest absolute Gasteiger partial charge is 0.488 e. The van der Waals surface area contributed by atoms with Crippen LogP contribution in [0.25, 0.3) is 11.0 Å². The van der Waals surface area contributed by atoms with Crippen LogP contribution in [0.2, 0.25) is 0 Å². The van der Waals surface area contributed by atoms with Gasteiger partial charge in [-0.25, -0.2) is 5.43 Å². The van der Waals surface area contributed by atoms with Crippen molar-refractivity contribution in [1.29, 1.82) is 0 Å². The van der Waals surface area contributed by atoms with Crippen molar-refractivity contribution in [2.75, 3.05) is 0 Å². The normalized spacial score (nSPS) is 12.2. The van der Waals surface area contributed by atoms with Crippen molar-refractivity contribution in [3.63, 3.8) is 0 Å². The maximum absolute atomic E-state index is 12.5. The molecule has 0 aliphatic heterocycles. The zero-order valence-electron chi connectivity index (χ0n) is 16.8. The van der Waals surface area contributed by atoms with Gasteiger partial charge in [0, 0.05) is 10.0 Å². The first-order valence-electron chi connectivity index (χ1n) is 9.71. The van der Waals surface area contributed by atoms with Crippen molar-refractivity contribution in [3.05, 3.63) is 88.4 Å². The lowest BCUT2D eigenvalue weighted by Crippen LogP contribution is -2.28. The molecule has 7 nitrogen and oxygen atoms in total. The lowest BCUT2D eigenvalue weighted by atomic mass is 10.2. The highest BCUT2D eigenvalue weighted by Gasteiger charge is 2.17. The molecular weight excluding hydrogens is 458 g/mol. The summed E-state index contributed by atoms with van der Waals surface area (Å²) in [7, 11) is 0. The Morgan fingerprint density at radius 2 is 1.71 bits per heavy atom. The van der Waals surface area contributed by atoms with E-state index in [0.29, 0.717) is 12.4 Å². The molecule has 0 aliphatic rings. The van der Waals surface area contributed by atoms with Crippen LogP contribution in [0.4, 0.5) is 0 Å². The van der Waals surface area contributed by atoms with Gasteiger partial charge in [0.05, 0.1) is 6.21 Å². The van der Waals surface area contributed by atoms with E-state index in [-0.39, 0.29) is 5.91 Å². The Morgan fingerprint density at radius 3 is 2.42 bits per heavy atom. The van der Waals surface area contributed by atoms with Gasteiger partial charge in [-0.2, -0.15) is 20.1 Å². The molecule has 1 N–H and O–H groups in total. The second-order valence-electron chi connectivity index (χ2n) is 6.87. The number of carbonyl (C=O) groups excluding carboxylic acids is 1. The Balaban J connectivity index is 1.39. The minimum Gasteiger partial charge on any atom is -0.488 e. The van der Waals surface area contributed by atoms with E-state index in [1.807, 2.05) is 72.8 Å². The van der Waals surface area contributed by atoms with Crippen molar-refractivity contribution in [2.24, 2.45) is 5.10 Å². The van der Waals surface area contributed by atoms with Crippen LogP contribution in [0.1, 0.15) is 24.1 Å². The Bertz CT molecular complexity index is 1190. The summed E-state index contributed by atoms with van der Waals surface area (Å²) in [5.74, 6) is 0.362. The number of para-hydroxylation sites is 1. The number of fused-ring (bicyclic) bond motifs is 1. The third-order valence-corrected chi connectivity index (χ3v) is 5.16. The number of nitrogens with zero attached hydrogens (tertiary/aromatic N) is 4. The molecule has 31 heavy (non-hydrogen) atoms. The molecule has 0 saturated carbocycles. The minimum absolute atomic E-state index is 0.315. The van der Waals surface area contributed by atoms with Crippen LogP contribution in [0, 0.1) is 0 Å². The van der Waals surface area contributed by atoms with Crippen molar-refractivity contribution in [3.8, 4) is 5.75 Å². The Hall–Kier alpha value is -3.52. The number of aromatic nitrogens is 3. The number of rotatable bonds is 7. The lowest BCUT2D eigenvalue weighted by Gasteiger charge is -2.10. The van der Waals surface area contributed by atoms with Gasteiger partial charge in [0.1, 0.15) is 29.4 Å². The second-order valence-corrected chi connectivity index (χ2v) is 7.79. The number of hydrazone groups is 1. The average molecular weight is 478 g/mol. The fourth-order valence-electron chi connectivity index (χ4n) is 2.87. The molecule has 1 aromatic heterocycles. The van der Waals surface area contributed by atoms with E-state index in [0.717, 1.165) is 26.6 Å². The molecule has 8 heteroatoms. The average Bonchev–Trinajstić information content (AvgIpc) is 3.23. The van der Waals surface area contributed by atoms with Crippen molar-refractivity contribution < 1.29 is 9.53 Å². The maximum atomic E-state index is 12.5. The Morgan fingerprint density at radius 1 is 1.06 bits per heavy atom. The Kier molecular flexibility index (Phi) is 6.37. The SMILES string of the molecule is C[C@H](C(=O)N/N=C\c1ccccc1OCc1ccc(Br)cc1)n1nc2ccccc2n1. The zero-order valence-corrected chi connectivity index (χ0v) is 18.4. The summed E-state index contributed by atoms with van der Waals surface area (Å²) < 4.78 is 6.95. The van der Waals surface area contributed by atoms with Gasteiger partial charge in [-0.05, 0) is 48.9 Å². The molecule has 3 aromatic carbocycles. The highest BCUT2D eigenvalue weighted by molar-refractivity contribution is 9.10. The fraction of sp³-hybridized carbons (Fsp3) is 0.130. The van der Waals surface area contributed by atoms with Crippen LogP contribution in [0.3, 0.4) is 0 Å². The zero-order chi connectivity index (χ0) is 21.6. The van der Waals surface area contributed by atoms with Gasteiger partial charge in [0.15, 0.2) is 0 Å². The molecule has 0 unspecified atom stereocenters. The molecule has 1 atom stereocenters. The molecule has 0 fully saturated rings. The van der Waals surface area contributed by atoms with Crippen LogP contribution >= 0.6 is 15.9 Å². The number of hydrogen-bond acceptors (Lipinski definition) is 5. The van der Waals surface area contributed by atoms with Crippen LogP contribution in [0.5, 0.6) is 5.75 Å². The van der Waals surface area contributed by atoms with Gasteiger partial charge in [-0.15, -0.1) is 0 Å². The second kappa shape index (κ2) is 9.53. The van der Waals surface area contributed by atoms with Gasteiger partial charge in [0.25, 0.3) is 5.91 Å². The molecule has 1 heterocycles. The number of amides is 1. The smallest absolute Gasteiger partial charge is 0.266 e. The summed E-state index contributed by atoms with van der Waals surface area (Å²) in [4.78, 5) is 13.9. The molecule has 156 valence electrons. The lowest BCUT2D eigenvalue weighted by molar-refractivity contribution is -0.124. The summed E-state index contributed by atoms with van der Waals surface area (Å²) in [6.45, 7) is 2.15. The van der Waals surface area contributed by atoms with E-state index < -0.39 is 6.04 Å². The number of nitrogens with one attached hydrogen (secondary N) is 1. The number of hydrogen-bond donors (Lipinski definition) is 1. The first-order valence-corrected chi connectivity index (χ1v) is 10.5. The molecule has 0 spiro atoms. The molecule has 0 bridgehead atoms. The summed E-state index contributed by atoms with van der Waals surface area (Å²) in [6.07, 6.45) is 1.56. The topological polar surface area (TPSA) is 81.4 Å². The predicted molar refractivity (Wildman–Crippen MR) is 123 cm³/mol. The van der Waals surface area contributed by atoms with Crippen molar-refractivity contribution in [1.82, 2.24) is 20.4 Å². The van der Waals surface area contributed by atoms with E-state index in [1.54, 1.807) is 13.1 Å². The summed E-state index contributed by atoms with van der Waals surface area (Å²) in [6, 6.07) is 22.3. The van der Waals surface area contributed by atoms with Gasteiger partial charge in [-0.1, -0.05) is 52.3 Å². The van der Waals surface area contributed by atoms with Crippen LogP contribution in [0.15, 0.2) is 82.4 Å². The third kappa shape index (κ3) is 5.16. The summed E-state index contributed by atoms with van der Waals surface area (Å²) >= 11 is 3.42. The monoisotopic (exact) mass is 477 g/mol. The summed E-state index contributed by atoms with van der Waals surface area (Å²) in [5.41, 5.74) is 5.84. The van der Waals surface area contributed by atoms with E-state index in [4.69, 9.17) is 4.74 Å². The van der Waals surface area contributed by atoms with Crippen LogP contribution in [-0.4, -0.2) is 27.1 Å². The molecule has 4 aromatic rings. The minimum atomic E-state index is -0.603. The predicted octanol–water partition coefficient (Wildman–Crippen LogP) is 4.48. The maximum Gasteiger partial charge on any atom is 0.266 e. The first-order chi connectivity index (χ1) is 15.1. The molecule has 4 rings (SSSR count). The van der Waals surface area contributed by atoms with E-state index in [9.17, 15) is 4.79 Å². The quantitative estimate of drug-likeness (QED) is 0.314. The molecule has 0 aliphatic carbocycles. The third-order valence-electron chi connectivity index (χ3n) is 4.63. The van der Waals surface area contributed by atoms with Gasteiger partial charge >= 0.3 is 0 Å².